The average Bonchev–Trinajstić information content (AvgIpc) is 2.75. The lowest BCUT2D eigenvalue weighted by atomic mass is 10.2. The van der Waals surface area contributed by atoms with E-state index in [1.54, 1.807) is 12.1 Å². The molecule has 0 spiro atoms. The predicted octanol–water partition coefficient (Wildman–Crippen LogP) is 2.79. The van der Waals surface area contributed by atoms with Gasteiger partial charge in [-0.05, 0) is 38.1 Å². The Kier molecular flexibility index (Phi) is 3.17. The van der Waals surface area contributed by atoms with Crippen LogP contribution in [0, 0.1) is 13.8 Å². The number of carbonyl (C=O) groups is 1. The topological polar surface area (TPSA) is 68.0 Å². The monoisotopic (exact) mass is 281 g/mol. The lowest BCUT2D eigenvalue weighted by Crippen LogP contribution is -2.04. The maximum Gasteiger partial charge on any atom is 0.337 e. The molecule has 0 bridgehead atoms. The Labute approximate surface area is 121 Å². The minimum atomic E-state index is -0.959. The van der Waals surface area contributed by atoms with Gasteiger partial charge in [0.15, 0.2) is 0 Å². The summed E-state index contributed by atoms with van der Waals surface area (Å²) in [7, 11) is 0. The predicted molar refractivity (Wildman–Crippen MR) is 79.5 cm³/mol. The first-order valence-corrected chi connectivity index (χ1v) is 6.68. The number of carboxylic acids is 1. The third-order valence-corrected chi connectivity index (χ3v) is 3.47. The minimum Gasteiger partial charge on any atom is -0.478 e. The smallest absolute Gasteiger partial charge is 0.337 e. The van der Waals surface area contributed by atoms with Gasteiger partial charge in [0.05, 0.1) is 23.3 Å². The van der Waals surface area contributed by atoms with Crippen LogP contribution in [0.15, 0.2) is 36.4 Å². The molecule has 0 saturated heterocycles. The highest BCUT2D eigenvalue weighted by Crippen LogP contribution is 2.21. The zero-order valence-electron chi connectivity index (χ0n) is 11.9. The molecule has 0 aliphatic heterocycles. The van der Waals surface area contributed by atoms with E-state index in [4.69, 9.17) is 0 Å². The molecule has 0 amide bonds. The zero-order valence-corrected chi connectivity index (χ0v) is 11.9. The third kappa shape index (κ3) is 2.38. The summed E-state index contributed by atoms with van der Waals surface area (Å²) >= 11 is 0. The van der Waals surface area contributed by atoms with Gasteiger partial charge in [-0.15, -0.1) is 0 Å². The van der Waals surface area contributed by atoms with Gasteiger partial charge in [-0.3, -0.25) is 4.98 Å². The van der Waals surface area contributed by atoms with E-state index in [9.17, 15) is 9.90 Å². The van der Waals surface area contributed by atoms with Crippen LogP contribution in [0.2, 0.25) is 0 Å². The van der Waals surface area contributed by atoms with Crippen LogP contribution in [0.1, 0.15) is 27.6 Å². The summed E-state index contributed by atoms with van der Waals surface area (Å²) in [5.74, 6) is -0.180. The van der Waals surface area contributed by atoms with Crippen molar-refractivity contribution in [2.75, 3.05) is 0 Å². The molecule has 0 aliphatic rings. The highest BCUT2D eigenvalue weighted by Gasteiger charge is 2.15. The van der Waals surface area contributed by atoms with Gasteiger partial charge in [-0.2, -0.15) is 0 Å². The normalized spacial score (nSPS) is 11.0. The van der Waals surface area contributed by atoms with Gasteiger partial charge in [0.25, 0.3) is 0 Å². The molecule has 5 nitrogen and oxygen atoms in total. The average molecular weight is 281 g/mol. The third-order valence-electron chi connectivity index (χ3n) is 3.47. The second-order valence-electron chi connectivity index (χ2n) is 4.99. The van der Waals surface area contributed by atoms with E-state index < -0.39 is 5.97 Å². The van der Waals surface area contributed by atoms with Crippen molar-refractivity contribution in [2.45, 2.75) is 20.4 Å². The molecule has 0 fully saturated rings. The van der Waals surface area contributed by atoms with Crippen LogP contribution in [0.25, 0.3) is 11.0 Å². The fraction of sp³-hybridized carbons (Fsp3) is 0.188. The number of aromatic nitrogens is 3. The summed E-state index contributed by atoms with van der Waals surface area (Å²) in [6, 6.07) is 11.1. The van der Waals surface area contributed by atoms with E-state index in [1.807, 2.05) is 42.7 Å². The van der Waals surface area contributed by atoms with Crippen molar-refractivity contribution in [3.05, 3.63) is 59.2 Å². The van der Waals surface area contributed by atoms with Crippen molar-refractivity contribution in [3.63, 3.8) is 0 Å². The molecule has 106 valence electrons. The van der Waals surface area contributed by atoms with Gasteiger partial charge in [0, 0.05) is 5.69 Å². The second kappa shape index (κ2) is 5.01. The summed E-state index contributed by atoms with van der Waals surface area (Å²) in [5, 5.41) is 9.25. The largest absolute Gasteiger partial charge is 0.478 e. The molecule has 2 aromatic heterocycles. The molecule has 1 N–H and O–H groups in total. The van der Waals surface area contributed by atoms with Crippen LogP contribution >= 0.6 is 0 Å². The summed E-state index contributed by atoms with van der Waals surface area (Å²) in [5.41, 5.74) is 3.45. The molecule has 3 rings (SSSR count). The molecule has 0 atom stereocenters. The minimum absolute atomic E-state index is 0.228. The van der Waals surface area contributed by atoms with E-state index in [1.165, 1.54) is 0 Å². The van der Waals surface area contributed by atoms with Gasteiger partial charge in [0.1, 0.15) is 11.3 Å². The lowest BCUT2D eigenvalue weighted by Gasteiger charge is -2.07. The maximum absolute atomic E-state index is 11.3. The SMILES string of the molecule is Cc1cccc(Cn2c(C)nc3c(C(=O)O)cccc32)n1. The number of rotatable bonds is 3. The number of carboxylic acid groups (broad SMARTS) is 1. The van der Waals surface area contributed by atoms with Crippen LogP contribution in [0.4, 0.5) is 0 Å². The Bertz CT molecular complexity index is 837. The number of nitrogens with zero attached hydrogens (tertiary/aromatic N) is 3. The number of imidazole rings is 1. The maximum atomic E-state index is 11.3. The van der Waals surface area contributed by atoms with Gasteiger partial charge in [-0.1, -0.05) is 12.1 Å². The quantitative estimate of drug-likeness (QED) is 0.801. The first-order chi connectivity index (χ1) is 10.1. The van der Waals surface area contributed by atoms with E-state index >= 15 is 0 Å². The number of hydrogen-bond acceptors (Lipinski definition) is 3. The van der Waals surface area contributed by atoms with Crippen molar-refractivity contribution in [1.82, 2.24) is 14.5 Å². The molecule has 0 aliphatic carbocycles. The molecular weight excluding hydrogens is 266 g/mol. The molecule has 1 aromatic carbocycles. The molecule has 0 radical (unpaired) electrons. The number of aryl methyl sites for hydroxylation is 2. The van der Waals surface area contributed by atoms with E-state index in [-0.39, 0.29) is 5.56 Å². The summed E-state index contributed by atoms with van der Waals surface area (Å²) in [6.07, 6.45) is 0. The first-order valence-electron chi connectivity index (χ1n) is 6.68. The van der Waals surface area contributed by atoms with Crippen LogP contribution in [0.3, 0.4) is 0 Å². The molecule has 2 heterocycles. The Hall–Kier alpha value is -2.69. The van der Waals surface area contributed by atoms with E-state index in [0.29, 0.717) is 12.1 Å². The number of fused-ring (bicyclic) bond motifs is 1. The van der Waals surface area contributed by atoms with E-state index in [2.05, 4.69) is 9.97 Å². The molecule has 0 unspecified atom stereocenters. The Morgan fingerprint density at radius 1 is 1.14 bits per heavy atom. The standard InChI is InChI=1S/C16H15N3O2/c1-10-5-3-6-12(17-10)9-19-11(2)18-15-13(16(20)21)7-4-8-14(15)19/h3-8H,9H2,1-2H3,(H,20,21). The fourth-order valence-corrected chi connectivity index (χ4v) is 2.48. The van der Waals surface area contributed by atoms with Crippen LogP contribution in [-0.4, -0.2) is 25.6 Å². The number of para-hydroxylation sites is 1. The molecular formula is C16H15N3O2. The van der Waals surface area contributed by atoms with Crippen molar-refractivity contribution >= 4 is 17.0 Å². The Morgan fingerprint density at radius 3 is 2.62 bits per heavy atom. The number of benzene rings is 1. The summed E-state index contributed by atoms with van der Waals surface area (Å²) < 4.78 is 1.99. The second-order valence-corrected chi connectivity index (χ2v) is 4.99. The summed E-state index contributed by atoms with van der Waals surface area (Å²) in [6.45, 7) is 4.40. The van der Waals surface area contributed by atoms with Crippen LogP contribution < -0.4 is 0 Å². The van der Waals surface area contributed by atoms with Gasteiger partial charge in [0.2, 0.25) is 0 Å². The molecule has 21 heavy (non-hydrogen) atoms. The van der Waals surface area contributed by atoms with Crippen molar-refractivity contribution in [2.24, 2.45) is 0 Å². The number of hydrogen-bond donors (Lipinski definition) is 1. The highest BCUT2D eigenvalue weighted by molar-refractivity contribution is 6.01. The molecule has 5 heteroatoms. The van der Waals surface area contributed by atoms with Gasteiger partial charge < -0.3 is 9.67 Å². The van der Waals surface area contributed by atoms with Crippen molar-refractivity contribution in [1.29, 1.82) is 0 Å². The van der Waals surface area contributed by atoms with Gasteiger partial charge in [-0.25, -0.2) is 9.78 Å². The number of aromatic carboxylic acids is 1. The molecule has 3 aromatic rings. The van der Waals surface area contributed by atoms with E-state index in [0.717, 1.165) is 22.7 Å². The van der Waals surface area contributed by atoms with Crippen LogP contribution in [0.5, 0.6) is 0 Å². The highest BCUT2D eigenvalue weighted by atomic mass is 16.4. The fourth-order valence-electron chi connectivity index (χ4n) is 2.48. The van der Waals surface area contributed by atoms with Crippen molar-refractivity contribution < 1.29 is 9.90 Å². The van der Waals surface area contributed by atoms with Crippen molar-refractivity contribution in [3.8, 4) is 0 Å². The zero-order chi connectivity index (χ0) is 15.0. The molecule has 0 saturated carbocycles. The first kappa shape index (κ1) is 13.3. The lowest BCUT2D eigenvalue weighted by molar-refractivity contribution is 0.0699. The summed E-state index contributed by atoms with van der Waals surface area (Å²) in [4.78, 5) is 20.2. The number of pyridine rings is 1. The Balaban J connectivity index is 2.13. The Morgan fingerprint density at radius 2 is 1.90 bits per heavy atom. The van der Waals surface area contributed by atoms with Gasteiger partial charge >= 0.3 is 5.97 Å². The van der Waals surface area contributed by atoms with Crippen LogP contribution in [-0.2, 0) is 6.54 Å².